The van der Waals surface area contributed by atoms with Crippen LogP contribution in [0, 0.1) is 12.3 Å². The lowest BCUT2D eigenvalue weighted by molar-refractivity contribution is -0.115. The number of methoxy groups -OCH3 is 1. The molecule has 1 amide bonds. The number of ether oxygens (including phenoxy) is 1. The van der Waals surface area contributed by atoms with E-state index in [0.717, 1.165) is 5.56 Å². The zero-order valence-electron chi connectivity index (χ0n) is 13.1. The number of terminal acetylenes is 1. The Hall–Kier alpha value is -2.52. The van der Waals surface area contributed by atoms with Gasteiger partial charge in [-0.15, -0.1) is 6.42 Å². The highest BCUT2D eigenvalue weighted by Gasteiger charge is 2.07. The number of carbonyl (C=O) groups excluding carboxylic acids is 1. The van der Waals surface area contributed by atoms with Gasteiger partial charge in [-0.1, -0.05) is 12.0 Å². The van der Waals surface area contributed by atoms with Crippen LogP contribution >= 0.6 is 0 Å². The van der Waals surface area contributed by atoms with Crippen LogP contribution in [-0.2, 0) is 9.53 Å². The first-order chi connectivity index (χ1) is 10.6. The Morgan fingerprint density at radius 2 is 2.27 bits per heavy atom. The van der Waals surface area contributed by atoms with Crippen LogP contribution < -0.4 is 16.0 Å². The molecule has 0 spiro atoms. The van der Waals surface area contributed by atoms with Gasteiger partial charge in [0.05, 0.1) is 13.2 Å². The largest absolute Gasteiger partial charge is 0.383 e. The Morgan fingerprint density at radius 1 is 1.50 bits per heavy atom. The van der Waals surface area contributed by atoms with Crippen molar-refractivity contribution < 1.29 is 9.53 Å². The molecular formula is C16H22N4O2. The van der Waals surface area contributed by atoms with Gasteiger partial charge in [-0.3, -0.25) is 9.79 Å². The van der Waals surface area contributed by atoms with Gasteiger partial charge in [0.25, 0.3) is 0 Å². The molecule has 22 heavy (non-hydrogen) atoms. The molecule has 0 aliphatic rings. The predicted octanol–water partition coefficient (Wildman–Crippen LogP) is 0.806. The van der Waals surface area contributed by atoms with E-state index in [1.54, 1.807) is 38.4 Å². The molecule has 0 saturated carbocycles. The number of hydrogen-bond acceptors (Lipinski definition) is 3. The Morgan fingerprint density at radius 3 is 2.91 bits per heavy atom. The summed E-state index contributed by atoms with van der Waals surface area (Å²) in [5, 5.41) is 8.82. The summed E-state index contributed by atoms with van der Waals surface area (Å²) in [5.41, 5.74) is 1.38. The number of aliphatic imine (C=N–C) groups is 1. The second-order valence-electron chi connectivity index (χ2n) is 4.70. The highest BCUT2D eigenvalue weighted by molar-refractivity contribution is 5.95. The number of hydrogen-bond donors (Lipinski definition) is 3. The summed E-state index contributed by atoms with van der Waals surface area (Å²) in [4.78, 5) is 16.0. The molecule has 0 aliphatic carbocycles. The molecule has 6 heteroatoms. The van der Waals surface area contributed by atoms with Crippen LogP contribution in [-0.4, -0.2) is 45.2 Å². The fraction of sp³-hybridized carbons (Fsp3) is 0.375. The lowest BCUT2D eigenvalue weighted by atomic mass is 10.2. The molecule has 1 aromatic carbocycles. The second-order valence-corrected chi connectivity index (χ2v) is 4.70. The topological polar surface area (TPSA) is 74.8 Å². The van der Waals surface area contributed by atoms with Crippen molar-refractivity contribution >= 4 is 17.6 Å². The van der Waals surface area contributed by atoms with Gasteiger partial charge in [0.15, 0.2) is 5.96 Å². The molecule has 1 unspecified atom stereocenters. The highest BCUT2D eigenvalue weighted by Crippen LogP contribution is 2.09. The van der Waals surface area contributed by atoms with Gasteiger partial charge in [-0.05, 0) is 25.1 Å². The number of nitrogens with zero attached hydrogens (tertiary/aromatic N) is 1. The molecule has 0 heterocycles. The molecule has 0 fully saturated rings. The van der Waals surface area contributed by atoms with Crippen molar-refractivity contribution in [3.05, 3.63) is 29.8 Å². The number of anilines is 1. The minimum atomic E-state index is -0.184. The first-order valence-electron chi connectivity index (χ1n) is 6.91. The first-order valence-corrected chi connectivity index (χ1v) is 6.91. The van der Waals surface area contributed by atoms with Gasteiger partial charge in [-0.2, -0.15) is 0 Å². The first kappa shape index (κ1) is 17.5. The second kappa shape index (κ2) is 9.42. The van der Waals surface area contributed by atoms with Crippen molar-refractivity contribution in [2.45, 2.75) is 13.0 Å². The van der Waals surface area contributed by atoms with Crippen molar-refractivity contribution in [3.8, 4) is 12.3 Å². The molecule has 0 aromatic heterocycles. The lowest BCUT2D eigenvalue weighted by Gasteiger charge is -2.17. The zero-order valence-corrected chi connectivity index (χ0v) is 13.1. The van der Waals surface area contributed by atoms with E-state index >= 15 is 0 Å². The number of benzene rings is 1. The van der Waals surface area contributed by atoms with E-state index in [-0.39, 0.29) is 18.5 Å². The molecule has 0 bridgehead atoms. The van der Waals surface area contributed by atoms with Gasteiger partial charge in [0.1, 0.15) is 0 Å². The standard InChI is InChI=1S/C16H22N4O2/c1-5-13-7-6-8-14(9-13)20-15(21)10-18-16(17-3)19-12(2)11-22-4/h1,6-9,12H,10-11H2,2-4H3,(H,20,21)(H2,17,18,19). The van der Waals surface area contributed by atoms with Crippen molar-refractivity contribution in [2.24, 2.45) is 4.99 Å². The molecule has 1 aromatic rings. The Bertz CT molecular complexity index is 564. The molecule has 0 aliphatic heterocycles. The quantitative estimate of drug-likeness (QED) is 0.413. The molecule has 3 N–H and O–H groups in total. The number of nitrogens with one attached hydrogen (secondary N) is 3. The average Bonchev–Trinajstić information content (AvgIpc) is 2.51. The molecular weight excluding hydrogens is 280 g/mol. The number of amides is 1. The number of rotatable bonds is 6. The van der Waals surface area contributed by atoms with E-state index < -0.39 is 0 Å². The molecule has 6 nitrogen and oxygen atoms in total. The van der Waals surface area contributed by atoms with Gasteiger partial charge in [0.2, 0.25) is 5.91 Å². The lowest BCUT2D eigenvalue weighted by Crippen LogP contribution is -2.46. The monoisotopic (exact) mass is 302 g/mol. The normalized spacial score (nSPS) is 12.2. The summed E-state index contributed by atoms with van der Waals surface area (Å²) in [6.45, 7) is 2.60. The third kappa shape index (κ3) is 6.29. The summed E-state index contributed by atoms with van der Waals surface area (Å²) < 4.78 is 5.03. The summed E-state index contributed by atoms with van der Waals surface area (Å²) in [6, 6.07) is 7.21. The van der Waals surface area contributed by atoms with Crippen LogP contribution in [0.2, 0.25) is 0 Å². The van der Waals surface area contributed by atoms with Gasteiger partial charge >= 0.3 is 0 Å². The third-order valence-electron chi connectivity index (χ3n) is 2.75. The summed E-state index contributed by atoms with van der Waals surface area (Å²) in [7, 11) is 3.27. The molecule has 0 saturated heterocycles. The summed E-state index contributed by atoms with van der Waals surface area (Å²) in [5.74, 6) is 2.88. The van der Waals surface area contributed by atoms with E-state index in [1.807, 2.05) is 6.92 Å². The van der Waals surface area contributed by atoms with Crippen LogP contribution in [0.15, 0.2) is 29.3 Å². The van der Waals surface area contributed by atoms with Gasteiger partial charge < -0.3 is 20.7 Å². The van der Waals surface area contributed by atoms with Crippen molar-refractivity contribution in [1.82, 2.24) is 10.6 Å². The smallest absolute Gasteiger partial charge is 0.243 e. The fourth-order valence-corrected chi connectivity index (χ4v) is 1.78. The Labute approximate surface area is 131 Å². The number of carbonyl (C=O) groups is 1. The average molecular weight is 302 g/mol. The molecule has 118 valence electrons. The van der Waals surface area contributed by atoms with E-state index in [2.05, 4.69) is 26.9 Å². The van der Waals surface area contributed by atoms with Gasteiger partial charge in [0, 0.05) is 31.5 Å². The third-order valence-corrected chi connectivity index (χ3v) is 2.75. The van der Waals surface area contributed by atoms with E-state index in [4.69, 9.17) is 11.2 Å². The summed E-state index contributed by atoms with van der Waals surface area (Å²) in [6.07, 6.45) is 5.33. The van der Waals surface area contributed by atoms with Crippen LogP contribution in [0.1, 0.15) is 12.5 Å². The molecule has 1 atom stereocenters. The fourth-order valence-electron chi connectivity index (χ4n) is 1.78. The zero-order chi connectivity index (χ0) is 16.4. The summed E-state index contributed by atoms with van der Waals surface area (Å²) >= 11 is 0. The SMILES string of the molecule is C#Cc1cccc(NC(=O)CNC(=NC)NC(C)COC)c1. The Balaban J connectivity index is 2.46. The Kier molecular flexibility index (Phi) is 7.51. The highest BCUT2D eigenvalue weighted by atomic mass is 16.5. The van der Waals surface area contributed by atoms with E-state index in [9.17, 15) is 4.79 Å². The van der Waals surface area contributed by atoms with E-state index in [1.165, 1.54) is 0 Å². The van der Waals surface area contributed by atoms with Gasteiger partial charge in [-0.25, -0.2) is 0 Å². The van der Waals surface area contributed by atoms with E-state index in [0.29, 0.717) is 18.3 Å². The van der Waals surface area contributed by atoms with Crippen molar-refractivity contribution in [3.63, 3.8) is 0 Å². The molecule has 1 rings (SSSR count). The van der Waals surface area contributed by atoms with Crippen LogP contribution in [0.4, 0.5) is 5.69 Å². The van der Waals surface area contributed by atoms with Crippen LogP contribution in [0.3, 0.4) is 0 Å². The predicted molar refractivity (Wildman–Crippen MR) is 88.8 cm³/mol. The van der Waals surface area contributed by atoms with Crippen LogP contribution in [0.25, 0.3) is 0 Å². The number of guanidine groups is 1. The van der Waals surface area contributed by atoms with Crippen LogP contribution in [0.5, 0.6) is 0 Å². The minimum absolute atomic E-state index is 0.0894. The van der Waals surface area contributed by atoms with Crippen molar-refractivity contribution in [2.75, 3.05) is 32.6 Å². The maximum atomic E-state index is 11.9. The maximum Gasteiger partial charge on any atom is 0.243 e. The minimum Gasteiger partial charge on any atom is -0.383 e. The maximum absolute atomic E-state index is 11.9. The van der Waals surface area contributed by atoms with Crippen molar-refractivity contribution in [1.29, 1.82) is 0 Å². The molecule has 0 radical (unpaired) electrons.